The molecule has 2 aromatic rings. The molecular weight excluding hydrogens is 497 g/mol. The van der Waals surface area contributed by atoms with Gasteiger partial charge < -0.3 is 14.5 Å². The number of piperazine rings is 1. The molecule has 2 aromatic carbocycles. The number of nitrogens with zero attached hydrogens (tertiary/aromatic N) is 3. The number of likely N-dealkylation sites (N-methyl/N-ethyl adjacent to an activating group) is 1. The summed E-state index contributed by atoms with van der Waals surface area (Å²) in [5.41, 5.74) is 1.82. The largest absolute Gasteiger partial charge is 0.444 e. The van der Waals surface area contributed by atoms with Crippen LogP contribution in [0.5, 0.6) is 0 Å². The van der Waals surface area contributed by atoms with Gasteiger partial charge in [0.05, 0.1) is 6.04 Å². The molecule has 0 N–H and O–H groups in total. The lowest BCUT2D eigenvalue weighted by molar-refractivity contribution is -0.148. The van der Waals surface area contributed by atoms with Gasteiger partial charge in [0.25, 0.3) is 0 Å². The van der Waals surface area contributed by atoms with Crippen LogP contribution in [-0.2, 0) is 21.5 Å². The van der Waals surface area contributed by atoms with Gasteiger partial charge in [0.15, 0.2) is 0 Å². The van der Waals surface area contributed by atoms with Gasteiger partial charge in [0.2, 0.25) is 5.91 Å². The van der Waals surface area contributed by atoms with Crippen molar-refractivity contribution in [2.75, 3.05) is 33.2 Å². The van der Waals surface area contributed by atoms with E-state index >= 15 is 0 Å². The second-order valence-corrected chi connectivity index (χ2v) is 11.6. The standard InChI is InChI=1S/C28H35Cl2N3O3/c1-19(21-16-22(29)18-23(30)17-21)31(5)25(34)28(11-10-20-8-6-7-9-24(20)28)33-14-12-32(13-15-33)26(35)36-27(2,3)4/h6-9,16-19H,10-15H2,1-5H3/t19-,28?/m1/s1. The number of amides is 2. The zero-order chi connectivity index (χ0) is 26.3. The van der Waals surface area contributed by atoms with E-state index in [9.17, 15) is 9.59 Å². The van der Waals surface area contributed by atoms with Crippen LogP contribution in [0.25, 0.3) is 0 Å². The molecule has 2 amide bonds. The van der Waals surface area contributed by atoms with Crippen LogP contribution in [0.1, 0.15) is 56.8 Å². The van der Waals surface area contributed by atoms with Crippen molar-refractivity contribution in [2.45, 2.75) is 57.7 Å². The number of benzene rings is 2. The van der Waals surface area contributed by atoms with Crippen molar-refractivity contribution in [3.8, 4) is 0 Å². The summed E-state index contributed by atoms with van der Waals surface area (Å²) in [4.78, 5) is 32.9. The molecule has 2 atom stereocenters. The molecule has 0 bridgehead atoms. The van der Waals surface area contributed by atoms with Crippen molar-refractivity contribution < 1.29 is 14.3 Å². The van der Waals surface area contributed by atoms with Crippen molar-refractivity contribution in [1.29, 1.82) is 0 Å². The van der Waals surface area contributed by atoms with Gasteiger partial charge in [-0.05, 0) is 75.4 Å². The minimum Gasteiger partial charge on any atom is -0.444 e. The number of rotatable bonds is 4. The molecule has 36 heavy (non-hydrogen) atoms. The van der Waals surface area contributed by atoms with Crippen molar-refractivity contribution in [1.82, 2.24) is 14.7 Å². The summed E-state index contributed by atoms with van der Waals surface area (Å²) in [6.07, 6.45) is 1.22. The van der Waals surface area contributed by atoms with Crippen molar-refractivity contribution >= 4 is 35.2 Å². The summed E-state index contributed by atoms with van der Waals surface area (Å²) in [6, 6.07) is 13.4. The van der Waals surface area contributed by atoms with Crippen LogP contribution in [0.2, 0.25) is 10.0 Å². The van der Waals surface area contributed by atoms with E-state index in [1.54, 1.807) is 11.0 Å². The second-order valence-electron chi connectivity index (χ2n) is 10.8. The highest BCUT2D eigenvalue weighted by Gasteiger charge is 2.52. The van der Waals surface area contributed by atoms with Gasteiger partial charge in [-0.15, -0.1) is 0 Å². The Hall–Kier alpha value is -2.28. The van der Waals surface area contributed by atoms with Gasteiger partial charge in [-0.2, -0.15) is 0 Å². The lowest BCUT2D eigenvalue weighted by Gasteiger charge is -2.47. The number of aryl methyl sites for hydroxylation is 1. The Labute approximate surface area is 224 Å². The highest BCUT2D eigenvalue weighted by molar-refractivity contribution is 6.34. The van der Waals surface area contributed by atoms with Crippen LogP contribution < -0.4 is 0 Å². The maximum absolute atomic E-state index is 14.4. The van der Waals surface area contributed by atoms with Gasteiger partial charge in [0, 0.05) is 43.3 Å². The van der Waals surface area contributed by atoms with Crippen LogP contribution in [0.4, 0.5) is 4.79 Å². The number of carbonyl (C=O) groups is 2. The first-order valence-electron chi connectivity index (χ1n) is 12.5. The van der Waals surface area contributed by atoms with Gasteiger partial charge in [-0.1, -0.05) is 47.5 Å². The van der Waals surface area contributed by atoms with Crippen molar-refractivity contribution in [3.05, 3.63) is 69.2 Å². The Morgan fingerprint density at radius 1 is 1.03 bits per heavy atom. The fraction of sp³-hybridized carbons (Fsp3) is 0.500. The highest BCUT2D eigenvalue weighted by atomic mass is 35.5. The van der Waals surface area contributed by atoms with E-state index in [2.05, 4.69) is 17.0 Å². The Kier molecular flexibility index (Phi) is 7.61. The Balaban J connectivity index is 1.62. The lowest BCUT2D eigenvalue weighted by Crippen LogP contribution is -2.61. The summed E-state index contributed by atoms with van der Waals surface area (Å²) >= 11 is 12.5. The fourth-order valence-electron chi connectivity index (χ4n) is 5.38. The molecule has 0 spiro atoms. The Morgan fingerprint density at radius 2 is 1.64 bits per heavy atom. The average molecular weight is 533 g/mol. The van der Waals surface area contributed by atoms with Gasteiger partial charge in [0.1, 0.15) is 11.1 Å². The smallest absolute Gasteiger partial charge is 0.410 e. The molecule has 8 heteroatoms. The van der Waals surface area contributed by atoms with E-state index in [-0.39, 0.29) is 18.0 Å². The van der Waals surface area contributed by atoms with E-state index in [1.807, 2.05) is 63.9 Å². The SMILES string of the molecule is C[C@H](c1cc(Cl)cc(Cl)c1)N(C)C(=O)C1(N2CCN(C(=O)OC(C)(C)C)CC2)CCc2ccccc21. The van der Waals surface area contributed by atoms with Crippen LogP contribution in [0.15, 0.2) is 42.5 Å². The van der Waals surface area contributed by atoms with E-state index in [1.165, 1.54) is 5.56 Å². The third-order valence-corrected chi connectivity index (χ3v) is 7.75. The Morgan fingerprint density at radius 3 is 2.25 bits per heavy atom. The van der Waals surface area contributed by atoms with Gasteiger partial charge >= 0.3 is 6.09 Å². The molecule has 1 saturated heterocycles. The number of carbonyl (C=O) groups excluding carboxylic acids is 2. The predicted molar refractivity (Wildman–Crippen MR) is 143 cm³/mol. The molecule has 194 valence electrons. The molecule has 6 nitrogen and oxygen atoms in total. The first kappa shape index (κ1) is 26.8. The summed E-state index contributed by atoms with van der Waals surface area (Å²) in [5.74, 6) is 0.0433. The first-order valence-corrected chi connectivity index (χ1v) is 13.2. The number of fused-ring (bicyclic) bond motifs is 1. The van der Waals surface area contributed by atoms with E-state index in [0.29, 0.717) is 42.6 Å². The molecule has 1 heterocycles. The lowest BCUT2D eigenvalue weighted by atomic mass is 9.86. The molecule has 1 aliphatic heterocycles. The molecule has 0 saturated carbocycles. The van der Waals surface area contributed by atoms with Crippen molar-refractivity contribution in [2.24, 2.45) is 0 Å². The molecule has 1 aliphatic carbocycles. The van der Waals surface area contributed by atoms with Crippen LogP contribution in [0.3, 0.4) is 0 Å². The molecule has 0 radical (unpaired) electrons. The normalized spacial score (nSPS) is 21.1. The van der Waals surface area contributed by atoms with Crippen LogP contribution >= 0.6 is 23.2 Å². The summed E-state index contributed by atoms with van der Waals surface area (Å²) < 4.78 is 5.58. The zero-order valence-corrected chi connectivity index (χ0v) is 23.2. The number of hydrogen-bond donors (Lipinski definition) is 0. The molecule has 1 unspecified atom stereocenters. The maximum atomic E-state index is 14.4. The number of hydrogen-bond acceptors (Lipinski definition) is 4. The second kappa shape index (κ2) is 10.2. The zero-order valence-electron chi connectivity index (χ0n) is 21.7. The first-order chi connectivity index (χ1) is 16.9. The fourth-order valence-corrected chi connectivity index (χ4v) is 5.93. The number of ether oxygens (including phenoxy) is 1. The summed E-state index contributed by atoms with van der Waals surface area (Å²) in [6.45, 7) is 9.80. The van der Waals surface area contributed by atoms with E-state index in [4.69, 9.17) is 27.9 Å². The minimum atomic E-state index is -0.790. The predicted octanol–water partition coefficient (Wildman–Crippen LogP) is 5.91. The molecule has 2 aliphatic rings. The Bertz CT molecular complexity index is 1120. The third-order valence-electron chi connectivity index (χ3n) is 7.31. The van der Waals surface area contributed by atoms with Gasteiger partial charge in [-0.25, -0.2) is 4.79 Å². The monoisotopic (exact) mass is 531 g/mol. The van der Waals surface area contributed by atoms with Crippen molar-refractivity contribution in [3.63, 3.8) is 0 Å². The summed E-state index contributed by atoms with van der Waals surface area (Å²) in [5, 5.41) is 1.09. The van der Waals surface area contributed by atoms with E-state index < -0.39 is 11.1 Å². The van der Waals surface area contributed by atoms with E-state index in [0.717, 1.165) is 17.5 Å². The molecular formula is C28H35Cl2N3O3. The quantitative estimate of drug-likeness (QED) is 0.492. The minimum absolute atomic E-state index is 0.0433. The average Bonchev–Trinajstić information content (AvgIpc) is 3.21. The molecule has 0 aromatic heterocycles. The molecule has 1 fully saturated rings. The topological polar surface area (TPSA) is 53.1 Å². The van der Waals surface area contributed by atoms with Crippen LogP contribution in [-0.4, -0.2) is 65.5 Å². The van der Waals surface area contributed by atoms with Crippen LogP contribution in [0, 0.1) is 0 Å². The summed E-state index contributed by atoms with van der Waals surface area (Å²) in [7, 11) is 1.85. The number of halogens is 2. The molecule has 4 rings (SSSR count). The highest BCUT2D eigenvalue weighted by Crippen LogP contribution is 2.44. The van der Waals surface area contributed by atoms with Gasteiger partial charge in [-0.3, -0.25) is 9.69 Å². The third kappa shape index (κ3) is 5.22. The maximum Gasteiger partial charge on any atom is 0.410 e.